The fourth-order valence-electron chi connectivity index (χ4n) is 5.55. The van der Waals surface area contributed by atoms with E-state index in [0.717, 1.165) is 44.9 Å². The highest BCUT2D eigenvalue weighted by atomic mass is 16.4. The first-order valence-electron chi connectivity index (χ1n) is 11.5. The monoisotopic (exact) mass is 388 g/mol. The predicted molar refractivity (Wildman–Crippen MR) is 111 cm³/mol. The van der Waals surface area contributed by atoms with E-state index in [1.165, 1.54) is 25.7 Å². The molecule has 2 saturated carbocycles. The molecule has 2 atom stereocenters. The van der Waals surface area contributed by atoms with E-state index < -0.39 is 11.5 Å². The molecule has 1 unspecified atom stereocenters. The summed E-state index contributed by atoms with van der Waals surface area (Å²) in [5.41, 5.74) is -0.0135. The van der Waals surface area contributed by atoms with Crippen LogP contribution in [-0.4, -0.2) is 10.9 Å². The summed E-state index contributed by atoms with van der Waals surface area (Å²) in [6.07, 6.45) is 12.5. The van der Waals surface area contributed by atoms with Crippen molar-refractivity contribution in [2.24, 2.45) is 11.8 Å². The molecule has 2 fully saturated rings. The van der Waals surface area contributed by atoms with Gasteiger partial charge in [0.1, 0.15) is 17.3 Å². The van der Waals surface area contributed by atoms with Gasteiger partial charge in [-0.05, 0) is 50.4 Å². The van der Waals surface area contributed by atoms with Gasteiger partial charge in [0, 0.05) is 12.0 Å². The van der Waals surface area contributed by atoms with Crippen LogP contribution in [0.4, 0.5) is 0 Å². The number of ketones is 1. The fourth-order valence-corrected chi connectivity index (χ4v) is 5.55. The zero-order valence-corrected chi connectivity index (χ0v) is 17.5. The van der Waals surface area contributed by atoms with Crippen molar-refractivity contribution >= 4 is 5.78 Å². The van der Waals surface area contributed by atoms with Gasteiger partial charge in [0.15, 0.2) is 0 Å². The van der Waals surface area contributed by atoms with E-state index in [-0.39, 0.29) is 23.4 Å². The minimum Gasteiger partial charge on any atom is -0.507 e. The van der Waals surface area contributed by atoms with E-state index in [0.29, 0.717) is 23.7 Å². The third kappa shape index (κ3) is 4.52. The molecule has 28 heavy (non-hydrogen) atoms. The van der Waals surface area contributed by atoms with Crippen LogP contribution in [0.5, 0.6) is 5.75 Å². The molecule has 156 valence electrons. The zero-order valence-electron chi connectivity index (χ0n) is 17.5. The molecule has 0 aromatic carbocycles. The Balaban J connectivity index is 1.87. The average Bonchev–Trinajstić information content (AvgIpc) is 2.72. The van der Waals surface area contributed by atoms with E-state index in [1.807, 2.05) is 6.92 Å². The second-order valence-electron chi connectivity index (χ2n) is 8.85. The van der Waals surface area contributed by atoms with Crippen molar-refractivity contribution in [3.8, 4) is 5.75 Å². The van der Waals surface area contributed by atoms with Crippen molar-refractivity contribution < 1.29 is 14.3 Å². The molecular formula is C24H36O4. The molecule has 3 rings (SSSR count). The van der Waals surface area contributed by atoms with Gasteiger partial charge < -0.3 is 9.52 Å². The van der Waals surface area contributed by atoms with Crippen molar-refractivity contribution in [3.05, 3.63) is 27.8 Å². The largest absolute Gasteiger partial charge is 0.507 e. The molecule has 0 bridgehead atoms. The molecule has 4 heteroatoms. The minimum absolute atomic E-state index is 0.0265. The maximum atomic E-state index is 13.0. The maximum Gasteiger partial charge on any atom is 0.343 e. The van der Waals surface area contributed by atoms with Crippen LogP contribution in [0, 0.1) is 11.8 Å². The summed E-state index contributed by atoms with van der Waals surface area (Å²) >= 11 is 0. The van der Waals surface area contributed by atoms with Crippen LogP contribution in [-0.2, 0) is 4.79 Å². The summed E-state index contributed by atoms with van der Waals surface area (Å²) in [4.78, 5) is 25.9. The van der Waals surface area contributed by atoms with Crippen LogP contribution in [0.2, 0.25) is 0 Å². The molecule has 0 saturated heterocycles. The molecule has 1 aromatic heterocycles. The number of rotatable bonds is 7. The molecule has 2 aliphatic rings. The fraction of sp³-hybridized carbons (Fsp3) is 0.750. The maximum absolute atomic E-state index is 13.0. The molecule has 0 radical (unpaired) electrons. The lowest BCUT2D eigenvalue weighted by atomic mass is 9.75. The number of aromatic hydroxyl groups is 1. The lowest BCUT2D eigenvalue weighted by Crippen LogP contribution is -2.26. The lowest BCUT2D eigenvalue weighted by Gasteiger charge is -2.30. The number of hydrogen-bond donors (Lipinski definition) is 1. The highest BCUT2D eigenvalue weighted by Crippen LogP contribution is 2.41. The summed E-state index contributed by atoms with van der Waals surface area (Å²) in [5, 5.41) is 10.8. The third-order valence-electron chi connectivity index (χ3n) is 7.12. The number of Topliss-reactive ketones (excluding diaryl/α,β-unsaturated/α-hetero) is 1. The molecule has 0 aliphatic heterocycles. The van der Waals surface area contributed by atoms with Crippen LogP contribution < -0.4 is 5.63 Å². The molecule has 0 spiro atoms. The number of carbonyl (C=O) groups excluding carboxylic acids is 1. The third-order valence-corrected chi connectivity index (χ3v) is 7.12. The van der Waals surface area contributed by atoms with E-state index in [4.69, 9.17) is 4.42 Å². The predicted octanol–water partition coefficient (Wildman–Crippen LogP) is 6.06. The molecular weight excluding hydrogens is 352 g/mol. The first-order valence-corrected chi connectivity index (χ1v) is 11.5. The lowest BCUT2D eigenvalue weighted by molar-refractivity contribution is -0.125. The number of hydrogen-bond acceptors (Lipinski definition) is 4. The molecule has 2 aliphatic carbocycles. The van der Waals surface area contributed by atoms with Crippen LogP contribution in [0.15, 0.2) is 15.3 Å². The van der Waals surface area contributed by atoms with E-state index in [1.54, 1.807) is 6.07 Å². The summed E-state index contributed by atoms with van der Waals surface area (Å²) in [5.74, 6) is 0.670. The van der Waals surface area contributed by atoms with Gasteiger partial charge in [0.2, 0.25) is 0 Å². The Morgan fingerprint density at radius 2 is 1.64 bits per heavy atom. The van der Waals surface area contributed by atoms with Gasteiger partial charge in [-0.15, -0.1) is 0 Å². The van der Waals surface area contributed by atoms with Crippen molar-refractivity contribution in [1.82, 2.24) is 0 Å². The Morgan fingerprint density at radius 1 is 1.04 bits per heavy atom. The Hall–Kier alpha value is -1.58. The van der Waals surface area contributed by atoms with Crippen molar-refractivity contribution in [3.63, 3.8) is 0 Å². The first kappa shape index (κ1) is 21.1. The normalized spacial score (nSPS) is 21.4. The Morgan fingerprint density at radius 3 is 2.18 bits per heavy atom. The van der Waals surface area contributed by atoms with Gasteiger partial charge in [-0.1, -0.05) is 52.4 Å². The topological polar surface area (TPSA) is 67.5 Å². The van der Waals surface area contributed by atoms with E-state index in [9.17, 15) is 14.7 Å². The molecule has 0 amide bonds. The summed E-state index contributed by atoms with van der Waals surface area (Å²) in [6.45, 7) is 4.03. The van der Waals surface area contributed by atoms with Crippen LogP contribution in [0.1, 0.15) is 114 Å². The molecule has 4 nitrogen and oxygen atoms in total. The smallest absolute Gasteiger partial charge is 0.343 e. The van der Waals surface area contributed by atoms with Crippen LogP contribution in [0.25, 0.3) is 0 Å². The summed E-state index contributed by atoms with van der Waals surface area (Å²) < 4.78 is 5.69. The Kier molecular flexibility index (Phi) is 7.36. The van der Waals surface area contributed by atoms with E-state index >= 15 is 0 Å². The standard InChI is InChI=1S/C24H36O4/c1-3-18(16-11-7-5-8-12-16)22-20(25)15-21(28-24(22)27)19(4-2)23(26)17-13-9-6-10-14-17/h15-19,25H,3-14H2,1-2H3/t18?,19-/m0/s1. The van der Waals surface area contributed by atoms with Gasteiger partial charge in [0.05, 0.1) is 11.5 Å². The van der Waals surface area contributed by atoms with Gasteiger partial charge >= 0.3 is 5.63 Å². The van der Waals surface area contributed by atoms with Crippen molar-refractivity contribution in [2.75, 3.05) is 0 Å². The van der Waals surface area contributed by atoms with Crippen molar-refractivity contribution in [2.45, 2.75) is 103 Å². The van der Waals surface area contributed by atoms with Crippen LogP contribution in [0.3, 0.4) is 0 Å². The van der Waals surface area contributed by atoms with Gasteiger partial charge in [-0.2, -0.15) is 0 Å². The minimum atomic E-state index is -0.442. The Labute approximate surface area is 168 Å². The summed E-state index contributed by atoms with van der Waals surface area (Å²) in [7, 11) is 0. The van der Waals surface area contributed by atoms with Crippen LogP contribution >= 0.6 is 0 Å². The van der Waals surface area contributed by atoms with Gasteiger partial charge in [-0.3, -0.25) is 4.79 Å². The highest BCUT2D eigenvalue weighted by Gasteiger charge is 2.33. The zero-order chi connectivity index (χ0) is 20.1. The second kappa shape index (κ2) is 9.76. The van der Waals surface area contributed by atoms with Gasteiger partial charge in [0.25, 0.3) is 0 Å². The van der Waals surface area contributed by atoms with Gasteiger partial charge in [-0.25, -0.2) is 4.79 Å². The Bertz CT molecular complexity index is 708. The molecule has 1 aromatic rings. The second-order valence-corrected chi connectivity index (χ2v) is 8.85. The summed E-state index contributed by atoms with van der Waals surface area (Å²) in [6, 6.07) is 1.57. The molecule has 1 N–H and O–H groups in total. The van der Waals surface area contributed by atoms with E-state index in [2.05, 4.69) is 6.92 Å². The molecule has 1 heterocycles. The highest BCUT2D eigenvalue weighted by molar-refractivity contribution is 5.87. The average molecular weight is 389 g/mol. The quantitative estimate of drug-likeness (QED) is 0.616. The van der Waals surface area contributed by atoms with Crippen molar-refractivity contribution in [1.29, 1.82) is 0 Å². The SMILES string of the molecule is CCC(c1c(O)cc([C@H](CC)C(=O)C2CCCCC2)oc1=O)C1CCCCC1. The first-order chi connectivity index (χ1) is 13.6. The number of carbonyl (C=O) groups is 1.